The molecule has 7 nitrogen and oxygen atoms in total. The molecular formula is C16H13F3N2O5S. The van der Waals surface area contributed by atoms with Crippen LogP contribution in [0.3, 0.4) is 0 Å². The Morgan fingerprint density at radius 2 is 1.93 bits per heavy atom. The number of aryl methyl sites for hydroxylation is 1. The van der Waals surface area contributed by atoms with Crippen molar-refractivity contribution in [1.29, 1.82) is 0 Å². The Morgan fingerprint density at radius 3 is 2.56 bits per heavy atom. The van der Waals surface area contributed by atoms with Crippen LogP contribution in [0.2, 0.25) is 0 Å². The quantitative estimate of drug-likeness (QED) is 0.379. The van der Waals surface area contributed by atoms with Gasteiger partial charge in [-0.05, 0) is 18.6 Å². The standard InChI is InChI=1S/C16H13F3N2O5S/c1-9-8-21-14(10-5-3-4-6-12(10)20-21)15(11(9)7-13(22)25-2)26-27(23,24)16(17,18)19/h3-6,8H,7H2,1-2H3. The molecular weight excluding hydrogens is 389 g/mol. The van der Waals surface area contributed by atoms with Gasteiger partial charge in [-0.2, -0.15) is 26.7 Å². The lowest BCUT2D eigenvalue weighted by Gasteiger charge is -2.16. The van der Waals surface area contributed by atoms with Crippen LogP contribution in [-0.2, 0) is 26.1 Å². The lowest BCUT2D eigenvalue weighted by Crippen LogP contribution is -2.29. The van der Waals surface area contributed by atoms with Crippen molar-refractivity contribution in [1.82, 2.24) is 9.61 Å². The molecule has 0 saturated carbocycles. The molecule has 0 atom stereocenters. The maximum atomic E-state index is 12.9. The van der Waals surface area contributed by atoms with Gasteiger partial charge in [0.2, 0.25) is 0 Å². The van der Waals surface area contributed by atoms with Crippen molar-refractivity contribution in [3.63, 3.8) is 0 Å². The van der Waals surface area contributed by atoms with E-state index in [1.54, 1.807) is 24.3 Å². The molecule has 2 heterocycles. The van der Waals surface area contributed by atoms with E-state index in [0.29, 0.717) is 16.5 Å². The third-order valence-electron chi connectivity index (χ3n) is 3.91. The molecule has 144 valence electrons. The minimum absolute atomic E-state index is 0.00271. The lowest BCUT2D eigenvalue weighted by atomic mass is 10.1. The largest absolute Gasteiger partial charge is 0.534 e. The van der Waals surface area contributed by atoms with E-state index in [2.05, 4.69) is 14.0 Å². The van der Waals surface area contributed by atoms with Crippen LogP contribution in [-0.4, -0.2) is 36.6 Å². The van der Waals surface area contributed by atoms with Gasteiger partial charge in [0.15, 0.2) is 5.75 Å². The molecule has 0 saturated heterocycles. The maximum absolute atomic E-state index is 12.9. The number of halogens is 3. The maximum Gasteiger partial charge on any atom is 0.534 e. The van der Waals surface area contributed by atoms with Crippen molar-refractivity contribution in [3.05, 3.63) is 41.6 Å². The smallest absolute Gasteiger partial charge is 0.469 e. The minimum Gasteiger partial charge on any atom is -0.469 e. The van der Waals surface area contributed by atoms with E-state index in [-0.39, 0.29) is 11.1 Å². The predicted octanol–water partition coefficient (Wildman–Crippen LogP) is 2.74. The number of hydrogen-bond donors (Lipinski definition) is 0. The number of nitrogens with zero attached hydrogens (tertiary/aromatic N) is 2. The number of benzene rings is 1. The molecule has 27 heavy (non-hydrogen) atoms. The second-order valence-corrected chi connectivity index (χ2v) is 7.20. The fourth-order valence-corrected chi connectivity index (χ4v) is 3.13. The lowest BCUT2D eigenvalue weighted by molar-refractivity contribution is -0.139. The summed E-state index contributed by atoms with van der Waals surface area (Å²) in [7, 11) is -4.86. The van der Waals surface area contributed by atoms with Crippen molar-refractivity contribution in [2.24, 2.45) is 0 Å². The number of carbonyl (C=O) groups is 1. The van der Waals surface area contributed by atoms with Crippen LogP contribution in [0, 0.1) is 6.92 Å². The summed E-state index contributed by atoms with van der Waals surface area (Å²) in [6, 6.07) is 6.46. The normalized spacial score (nSPS) is 12.5. The number of alkyl halides is 3. The van der Waals surface area contributed by atoms with E-state index in [1.165, 1.54) is 17.6 Å². The molecule has 0 unspecified atom stereocenters. The minimum atomic E-state index is -5.96. The first-order valence-electron chi connectivity index (χ1n) is 7.52. The van der Waals surface area contributed by atoms with Crippen molar-refractivity contribution >= 4 is 32.5 Å². The fourth-order valence-electron chi connectivity index (χ4n) is 2.64. The van der Waals surface area contributed by atoms with Crippen LogP contribution >= 0.6 is 0 Å². The summed E-state index contributed by atoms with van der Waals surface area (Å²) in [5, 5.41) is 4.58. The highest BCUT2D eigenvalue weighted by Gasteiger charge is 2.49. The highest BCUT2D eigenvalue weighted by atomic mass is 32.2. The summed E-state index contributed by atoms with van der Waals surface area (Å²) >= 11 is 0. The summed E-state index contributed by atoms with van der Waals surface area (Å²) in [6.45, 7) is 1.50. The number of pyridine rings is 1. The Kier molecular flexibility index (Phi) is 4.50. The summed E-state index contributed by atoms with van der Waals surface area (Å²) in [5.41, 5.74) is -4.93. The van der Waals surface area contributed by atoms with Gasteiger partial charge in [-0.1, -0.05) is 18.2 Å². The van der Waals surface area contributed by atoms with Crippen LogP contribution in [0.15, 0.2) is 30.5 Å². The average Bonchev–Trinajstić information content (AvgIpc) is 2.94. The Morgan fingerprint density at radius 1 is 1.26 bits per heavy atom. The van der Waals surface area contributed by atoms with E-state index >= 15 is 0 Å². The van der Waals surface area contributed by atoms with E-state index in [1.807, 2.05) is 0 Å². The molecule has 0 radical (unpaired) electrons. The van der Waals surface area contributed by atoms with Crippen molar-refractivity contribution < 1.29 is 35.3 Å². The highest BCUT2D eigenvalue weighted by Crippen LogP contribution is 2.37. The zero-order valence-electron chi connectivity index (χ0n) is 14.1. The van der Waals surface area contributed by atoms with Gasteiger partial charge in [-0.25, -0.2) is 4.52 Å². The molecule has 0 aliphatic rings. The second kappa shape index (κ2) is 6.41. The fraction of sp³-hybridized carbons (Fsp3) is 0.250. The Balaban J connectivity index is 2.37. The summed E-state index contributed by atoms with van der Waals surface area (Å²) < 4.78 is 72.2. The molecule has 3 rings (SSSR count). The topological polar surface area (TPSA) is 87.0 Å². The van der Waals surface area contributed by atoms with Gasteiger partial charge in [-0.3, -0.25) is 4.79 Å². The number of aromatic nitrogens is 2. The molecule has 0 bridgehead atoms. The molecule has 11 heteroatoms. The highest BCUT2D eigenvalue weighted by molar-refractivity contribution is 7.88. The van der Waals surface area contributed by atoms with Crippen LogP contribution in [0.25, 0.3) is 16.4 Å². The molecule has 0 fully saturated rings. The molecule has 0 aliphatic carbocycles. The van der Waals surface area contributed by atoms with Gasteiger partial charge in [0, 0.05) is 17.1 Å². The predicted molar refractivity (Wildman–Crippen MR) is 88.8 cm³/mol. The molecule has 0 amide bonds. The number of rotatable bonds is 4. The van der Waals surface area contributed by atoms with Crippen LogP contribution in [0.4, 0.5) is 13.2 Å². The molecule has 0 aliphatic heterocycles. The first kappa shape index (κ1) is 19.0. The van der Waals surface area contributed by atoms with Gasteiger partial charge in [0.25, 0.3) is 0 Å². The van der Waals surface area contributed by atoms with Gasteiger partial charge >= 0.3 is 21.6 Å². The Hall–Kier alpha value is -2.82. The average molecular weight is 402 g/mol. The number of carbonyl (C=O) groups excluding carboxylic acids is 1. The van der Waals surface area contributed by atoms with Crippen molar-refractivity contribution in [2.45, 2.75) is 18.9 Å². The van der Waals surface area contributed by atoms with Gasteiger partial charge in [0.1, 0.15) is 5.52 Å². The van der Waals surface area contributed by atoms with Crippen LogP contribution in [0.1, 0.15) is 11.1 Å². The summed E-state index contributed by atoms with van der Waals surface area (Å²) in [4.78, 5) is 11.7. The number of ether oxygens (including phenoxy) is 1. The van der Waals surface area contributed by atoms with Crippen molar-refractivity contribution in [2.75, 3.05) is 7.11 Å². The van der Waals surface area contributed by atoms with Gasteiger partial charge < -0.3 is 8.92 Å². The first-order chi connectivity index (χ1) is 12.5. The van der Waals surface area contributed by atoms with E-state index in [4.69, 9.17) is 0 Å². The monoisotopic (exact) mass is 402 g/mol. The van der Waals surface area contributed by atoms with E-state index < -0.39 is 33.8 Å². The molecule has 0 spiro atoms. The third-order valence-corrected chi connectivity index (χ3v) is 4.86. The second-order valence-electron chi connectivity index (χ2n) is 5.67. The summed E-state index contributed by atoms with van der Waals surface area (Å²) in [6.07, 6.45) is 1.00. The summed E-state index contributed by atoms with van der Waals surface area (Å²) in [5.74, 6) is -1.37. The molecule has 3 aromatic rings. The number of fused-ring (bicyclic) bond motifs is 3. The first-order valence-corrected chi connectivity index (χ1v) is 8.93. The Labute approximate surface area is 151 Å². The molecule has 1 aromatic carbocycles. The SMILES string of the molecule is COC(=O)Cc1c(C)cn2nc3ccccc3c2c1OS(=O)(=O)C(F)(F)F. The van der Waals surface area contributed by atoms with Crippen LogP contribution in [0.5, 0.6) is 5.75 Å². The van der Waals surface area contributed by atoms with Crippen molar-refractivity contribution in [3.8, 4) is 5.75 Å². The van der Waals surface area contributed by atoms with E-state index in [0.717, 1.165) is 7.11 Å². The zero-order valence-corrected chi connectivity index (χ0v) is 14.9. The van der Waals surface area contributed by atoms with Gasteiger partial charge in [0.05, 0.1) is 19.0 Å². The Bertz CT molecular complexity index is 1150. The number of hydrogen-bond acceptors (Lipinski definition) is 6. The molecule has 2 aromatic heterocycles. The zero-order chi connectivity index (χ0) is 20.0. The van der Waals surface area contributed by atoms with Gasteiger partial charge in [-0.15, -0.1) is 0 Å². The van der Waals surface area contributed by atoms with Crippen LogP contribution < -0.4 is 4.18 Å². The third kappa shape index (κ3) is 3.29. The molecule has 0 N–H and O–H groups in total. The number of esters is 1. The number of methoxy groups -OCH3 is 1. The van der Waals surface area contributed by atoms with E-state index in [9.17, 15) is 26.4 Å².